The van der Waals surface area contributed by atoms with Crippen LogP contribution in [0.15, 0.2) is 22.7 Å². The minimum Gasteiger partial charge on any atom is -0.284 e. The molecule has 1 rings (SSSR count). The van der Waals surface area contributed by atoms with Crippen LogP contribution in [0.1, 0.15) is 0 Å². The lowest BCUT2D eigenvalue weighted by Crippen LogP contribution is -2.09. The fraction of sp³-hybridized carbons (Fsp3) is 0.143. The molecule has 8 heteroatoms. The first-order chi connectivity index (χ1) is 6.79. The first kappa shape index (κ1) is 11.9. The maximum absolute atomic E-state index is 10.9. The second-order valence-corrected chi connectivity index (χ2v) is 5.40. The molecule has 0 aliphatic heterocycles. The summed E-state index contributed by atoms with van der Waals surface area (Å²) in [5.41, 5.74) is -0.0314. The van der Waals surface area contributed by atoms with Crippen molar-refractivity contribution in [1.29, 1.82) is 0 Å². The number of benzene rings is 1. The number of anilines is 1. The first-order valence-corrected chi connectivity index (χ1v) is 6.40. The third kappa shape index (κ3) is 3.48. The Morgan fingerprint density at radius 3 is 2.53 bits per heavy atom. The summed E-state index contributed by atoms with van der Waals surface area (Å²) in [4.78, 5) is 9.94. The monoisotopic (exact) mass is 294 g/mol. The fourth-order valence-electron chi connectivity index (χ4n) is 0.930. The standard InChI is InChI=1S/C7H7BrN2O4S/c1-15(13,14)9-5-2-3-6(8)7(4-5)10(11)12/h2-4,9H,1H3. The minimum absolute atomic E-state index is 0.160. The van der Waals surface area contributed by atoms with Crippen LogP contribution < -0.4 is 4.72 Å². The van der Waals surface area contributed by atoms with Crippen LogP contribution in [0.25, 0.3) is 0 Å². The van der Waals surface area contributed by atoms with Gasteiger partial charge in [-0.25, -0.2) is 8.42 Å². The molecule has 0 saturated carbocycles. The van der Waals surface area contributed by atoms with E-state index in [1.54, 1.807) is 0 Å². The molecule has 0 saturated heterocycles. The third-order valence-corrected chi connectivity index (χ3v) is 2.72. The van der Waals surface area contributed by atoms with E-state index in [0.29, 0.717) is 4.47 Å². The smallest absolute Gasteiger partial charge is 0.284 e. The van der Waals surface area contributed by atoms with Crippen molar-refractivity contribution in [1.82, 2.24) is 0 Å². The molecule has 6 nitrogen and oxygen atoms in total. The van der Waals surface area contributed by atoms with Crippen molar-refractivity contribution in [2.75, 3.05) is 11.0 Å². The minimum atomic E-state index is -3.42. The van der Waals surface area contributed by atoms with Crippen molar-refractivity contribution in [3.8, 4) is 0 Å². The van der Waals surface area contributed by atoms with Crippen LogP contribution in [-0.2, 0) is 10.0 Å². The molecule has 0 aliphatic rings. The predicted molar refractivity (Wildman–Crippen MR) is 59.3 cm³/mol. The maximum Gasteiger partial charge on any atom is 0.285 e. The SMILES string of the molecule is CS(=O)(=O)Nc1ccc(Br)c([N+](=O)[O-])c1. The molecule has 0 bridgehead atoms. The highest BCUT2D eigenvalue weighted by atomic mass is 79.9. The van der Waals surface area contributed by atoms with Gasteiger partial charge in [0.2, 0.25) is 10.0 Å². The number of halogens is 1. The number of hydrogen-bond donors (Lipinski definition) is 1. The molecule has 0 radical (unpaired) electrons. The number of sulfonamides is 1. The summed E-state index contributed by atoms with van der Waals surface area (Å²) >= 11 is 2.99. The van der Waals surface area contributed by atoms with Crippen molar-refractivity contribution >= 4 is 37.3 Å². The number of nitro benzene ring substituents is 1. The van der Waals surface area contributed by atoms with Crippen molar-refractivity contribution in [3.05, 3.63) is 32.8 Å². The van der Waals surface area contributed by atoms with Gasteiger partial charge in [-0.1, -0.05) is 0 Å². The summed E-state index contributed by atoms with van der Waals surface area (Å²) in [5.74, 6) is 0. The number of hydrogen-bond acceptors (Lipinski definition) is 4. The maximum atomic E-state index is 10.9. The quantitative estimate of drug-likeness (QED) is 0.679. The average Bonchev–Trinajstić information content (AvgIpc) is 2.05. The molecule has 0 fully saturated rings. The summed E-state index contributed by atoms with van der Waals surface area (Å²) in [7, 11) is -3.42. The molecule has 0 heterocycles. The topological polar surface area (TPSA) is 89.3 Å². The van der Waals surface area contributed by atoms with Gasteiger partial charge >= 0.3 is 0 Å². The lowest BCUT2D eigenvalue weighted by Gasteiger charge is -2.03. The summed E-state index contributed by atoms with van der Waals surface area (Å²) in [6, 6.07) is 3.98. The van der Waals surface area contributed by atoms with E-state index in [-0.39, 0.29) is 11.4 Å². The molecule has 0 aromatic heterocycles. The Bertz CT molecular complexity index is 500. The van der Waals surface area contributed by atoms with Gasteiger partial charge in [-0.05, 0) is 28.1 Å². The molecular formula is C7H7BrN2O4S. The Balaban J connectivity index is 3.14. The number of nitro groups is 1. The summed E-state index contributed by atoms with van der Waals surface area (Å²) in [6.07, 6.45) is 0.973. The summed E-state index contributed by atoms with van der Waals surface area (Å²) < 4.78 is 24.2. The molecule has 0 amide bonds. The number of rotatable bonds is 3. The van der Waals surface area contributed by atoms with Gasteiger partial charge in [0.25, 0.3) is 5.69 Å². The van der Waals surface area contributed by atoms with Gasteiger partial charge in [0.05, 0.1) is 21.3 Å². The summed E-state index contributed by atoms with van der Waals surface area (Å²) in [5, 5.41) is 10.5. The van der Waals surface area contributed by atoms with E-state index in [9.17, 15) is 18.5 Å². The molecule has 82 valence electrons. The van der Waals surface area contributed by atoms with Gasteiger partial charge in [-0.3, -0.25) is 14.8 Å². The van der Waals surface area contributed by atoms with Gasteiger partial charge in [0, 0.05) is 6.07 Å². The molecule has 1 N–H and O–H groups in total. The van der Waals surface area contributed by atoms with E-state index >= 15 is 0 Å². The van der Waals surface area contributed by atoms with Crippen molar-refractivity contribution in [3.63, 3.8) is 0 Å². The van der Waals surface area contributed by atoms with E-state index in [2.05, 4.69) is 20.7 Å². The highest BCUT2D eigenvalue weighted by molar-refractivity contribution is 9.10. The van der Waals surface area contributed by atoms with E-state index < -0.39 is 14.9 Å². The molecule has 0 unspecified atom stereocenters. The van der Waals surface area contributed by atoms with Gasteiger partial charge in [0.1, 0.15) is 0 Å². The molecule has 1 aromatic carbocycles. The normalized spacial score (nSPS) is 11.1. The van der Waals surface area contributed by atoms with Crippen molar-refractivity contribution in [2.45, 2.75) is 0 Å². The van der Waals surface area contributed by atoms with Gasteiger partial charge < -0.3 is 0 Å². The number of nitrogens with zero attached hydrogens (tertiary/aromatic N) is 1. The first-order valence-electron chi connectivity index (χ1n) is 3.71. The van der Waals surface area contributed by atoms with E-state index in [4.69, 9.17) is 0 Å². The van der Waals surface area contributed by atoms with Crippen LogP contribution >= 0.6 is 15.9 Å². The second kappa shape index (κ2) is 4.15. The lowest BCUT2D eigenvalue weighted by molar-refractivity contribution is -0.385. The predicted octanol–water partition coefficient (Wildman–Crippen LogP) is 1.73. The van der Waals surface area contributed by atoms with E-state index in [0.717, 1.165) is 12.3 Å². The molecule has 0 spiro atoms. The van der Waals surface area contributed by atoms with Crippen molar-refractivity contribution < 1.29 is 13.3 Å². The van der Waals surface area contributed by atoms with Gasteiger partial charge in [0.15, 0.2) is 0 Å². The fourth-order valence-corrected chi connectivity index (χ4v) is 1.88. The molecule has 1 aromatic rings. The van der Waals surface area contributed by atoms with Crippen LogP contribution in [0.2, 0.25) is 0 Å². The van der Waals surface area contributed by atoms with E-state index in [1.165, 1.54) is 12.1 Å². The largest absolute Gasteiger partial charge is 0.285 e. The summed E-state index contributed by atoms with van der Waals surface area (Å²) in [6.45, 7) is 0. The van der Waals surface area contributed by atoms with Gasteiger partial charge in [-0.2, -0.15) is 0 Å². The zero-order chi connectivity index (χ0) is 11.6. The van der Waals surface area contributed by atoms with Crippen LogP contribution in [0, 0.1) is 10.1 Å². The van der Waals surface area contributed by atoms with Crippen LogP contribution in [0.3, 0.4) is 0 Å². The average molecular weight is 295 g/mol. The van der Waals surface area contributed by atoms with Gasteiger partial charge in [-0.15, -0.1) is 0 Å². The Morgan fingerprint density at radius 2 is 2.07 bits per heavy atom. The van der Waals surface area contributed by atoms with Crippen LogP contribution in [0.4, 0.5) is 11.4 Å². The Labute approximate surface area is 94.6 Å². The third-order valence-electron chi connectivity index (χ3n) is 1.45. The number of nitrogens with one attached hydrogen (secondary N) is 1. The Morgan fingerprint density at radius 1 is 1.47 bits per heavy atom. The van der Waals surface area contributed by atoms with Crippen LogP contribution in [0.5, 0.6) is 0 Å². The van der Waals surface area contributed by atoms with Crippen LogP contribution in [-0.4, -0.2) is 19.6 Å². The van der Waals surface area contributed by atoms with Crippen molar-refractivity contribution in [2.24, 2.45) is 0 Å². The molecule has 15 heavy (non-hydrogen) atoms. The zero-order valence-electron chi connectivity index (χ0n) is 7.60. The molecule has 0 aliphatic carbocycles. The Kier molecular flexibility index (Phi) is 3.30. The highest BCUT2D eigenvalue weighted by Crippen LogP contribution is 2.27. The molecule has 0 atom stereocenters. The van der Waals surface area contributed by atoms with E-state index in [1.807, 2.05) is 0 Å². The zero-order valence-corrected chi connectivity index (χ0v) is 10.0. The lowest BCUT2D eigenvalue weighted by atomic mass is 10.3. The highest BCUT2D eigenvalue weighted by Gasteiger charge is 2.13. The molecular weight excluding hydrogens is 288 g/mol. The second-order valence-electron chi connectivity index (χ2n) is 2.80. The Hall–Kier alpha value is -1.15.